The van der Waals surface area contributed by atoms with Crippen molar-refractivity contribution in [1.29, 1.82) is 0 Å². The number of hydrogen-bond donors (Lipinski definition) is 2. The lowest BCUT2D eigenvalue weighted by atomic mass is 9.74. The van der Waals surface area contributed by atoms with Crippen LogP contribution in [0.3, 0.4) is 0 Å². The zero-order valence-corrected chi connectivity index (χ0v) is 12.9. The van der Waals surface area contributed by atoms with E-state index in [0.29, 0.717) is 5.56 Å². The van der Waals surface area contributed by atoms with Crippen molar-refractivity contribution in [1.82, 2.24) is 5.32 Å². The number of hydrogen-bond acceptors (Lipinski definition) is 2. The van der Waals surface area contributed by atoms with Crippen molar-refractivity contribution in [2.45, 2.75) is 19.5 Å². The molecule has 0 saturated carbocycles. The van der Waals surface area contributed by atoms with Gasteiger partial charge in [0.1, 0.15) is 0 Å². The fraction of sp³-hybridized carbons (Fsp3) is 0.500. The lowest BCUT2D eigenvalue weighted by molar-refractivity contribution is -0.236. The molecule has 1 aromatic rings. The molecular weight excluding hydrogens is 351 g/mol. The van der Waals surface area contributed by atoms with Crippen molar-refractivity contribution in [3.63, 3.8) is 0 Å². The monoisotopic (exact) mass is 365 g/mol. The van der Waals surface area contributed by atoms with Crippen LogP contribution in [-0.2, 0) is 11.2 Å². The highest BCUT2D eigenvalue weighted by molar-refractivity contribution is 9.10. The van der Waals surface area contributed by atoms with Crippen LogP contribution in [0.5, 0.6) is 0 Å². The summed E-state index contributed by atoms with van der Waals surface area (Å²) in [6, 6.07) is 5.29. The second kappa shape index (κ2) is 5.61. The van der Waals surface area contributed by atoms with Crippen LogP contribution in [0.2, 0.25) is 0 Å². The van der Waals surface area contributed by atoms with Gasteiger partial charge in [0.2, 0.25) is 0 Å². The molecule has 0 radical (unpaired) electrons. The van der Waals surface area contributed by atoms with Crippen LogP contribution < -0.4 is 5.32 Å². The molecule has 3 nitrogen and oxygen atoms in total. The Morgan fingerprint density at radius 2 is 2.19 bits per heavy atom. The van der Waals surface area contributed by atoms with Gasteiger partial charge in [0.05, 0.1) is 0 Å². The summed E-state index contributed by atoms with van der Waals surface area (Å²) in [6.45, 7) is 1.34. The molecular formula is C14H15BrF3NO2. The van der Waals surface area contributed by atoms with E-state index in [1.807, 2.05) is 6.92 Å². The van der Waals surface area contributed by atoms with E-state index in [9.17, 15) is 23.1 Å². The Morgan fingerprint density at radius 1 is 1.52 bits per heavy atom. The minimum Gasteiger partial charge on any atom is -0.481 e. The number of benzene rings is 1. The van der Waals surface area contributed by atoms with Crippen molar-refractivity contribution in [2.75, 3.05) is 13.1 Å². The Labute approximate surface area is 128 Å². The van der Waals surface area contributed by atoms with Gasteiger partial charge in [0.25, 0.3) is 0 Å². The van der Waals surface area contributed by atoms with Gasteiger partial charge < -0.3 is 10.4 Å². The zero-order valence-electron chi connectivity index (χ0n) is 11.3. The highest BCUT2D eigenvalue weighted by Crippen LogP contribution is 2.47. The number of nitrogens with one attached hydrogen (secondary N) is 1. The van der Waals surface area contributed by atoms with E-state index in [4.69, 9.17) is 0 Å². The molecule has 0 unspecified atom stereocenters. The van der Waals surface area contributed by atoms with E-state index in [2.05, 4.69) is 21.2 Å². The van der Waals surface area contributed by atoms with E-state index in [1.54, 1.807) is 18.2 Å². The number of alkyl halides is 3. The molecule has 1 saturated heterocycles. The highest BCUT2D eigenvalue weighted by Gasteiger charge is 2.66. The number of carboxylic acids is 1. The number of aryl methyl sites for hydroxylation is 1. The first-order chi connectivity index (χ1) is 9.68. The molecule has 1 aromatic carbocycles. The minimum absolute atomic E-state index is 0.0390. The summed E-state index contributed by atoms with van der Waals surface area (Å²) in [5.74, 6) is -2.83. The molecule has 2 N–H and O–H groups in total. The fourth-order valence-electron chi connectivity index (χ4n) is 2.76. The van der Waals surface area contributed by atoms with Crippen LogP contribution >= 0.6 is 15.9 Å². The third kappa shape index (κ3) is 2.81. The van der Waals surface area contributed by atoms with Crippen LogP contribution in [0.4, 0.5) is 13.2 Å². The maximum absolute atomic E-state index is 13.3. The Hall–Kier alpha value is -1.08. The molecule has 2 rings (SSSR count). The first-order valence-corrected chi connectivity index (χ1v) is 7.23. The lowest BCUT2D eigenvalue weighted by Gasteiger charge is -2.32. The minimum atomic E-state index is -4.78. The van der Waals surface area contributed by atoms with Crippen molar-refractivity contribution >= 4 is 21.9 Å². The smallest absolute Gasteiger partial charge is 0.406 e. The number of halogens is 4. The zero-order chi connectivity index (χ0) is 15.8. The normalized spacial score (nSPS) is 26.0. The molecule has 1 heterocycles. The summed E-state index contributed by atoms with van der Waals surface area (Å²) in [6.07, 6.45) is -4.72. The first-order valence-electron chi connectivity index (χ1n) is 6.44. The molecule has 7 heteroatoms. The molecule has 0 aromatic heterocycles. The Bertz CT molecular complexity index is 562. The predicted molar refractivity (Wildman–Crippen MR) is 75.1 cm³/mol. The summed E-state index contributed by atoms with van der Waals surface area (Å²) in [5, 5.41) is 11.8. The van der Waals surface area contributed by atoms with Crippen molar-refractivity contribution in [3.05, 3.63) is 33.8 Å². The summed E-state index contributed by atoms with van der Waals surface area (Å²) in [7, 11) is 0. The molecule has 0 spiro atoms. The average molecular weight is 366 g/mol. The quantitative estimate of drug-likeness (QED) is 0.864. The van der Waals surface area contributed by atoms with E-state index >= 15 is 0 Å². The van der Waals surface area contributed by atoms with Gasteiger partial charge in [-0.1, -0.05) is 28.1 Å². The van der Waals surface area contributed by atoms with Gasteiger partial charge in [-0.25, -0.2) is 0 Å². The van der Waals surface area contributed by atoms with Gasteiger partial charge in [-0.2, -0.15) is 13.2 Å². The molecule has 1 fully saturated rings. The SMILES string of the molecule is Cc1ccc(C[C@H]2CNC[C@@]2(C(=O)O)C(F)(F)F)cc1Br. The van der Waals surface area contributed by atoms with E-state index in [-0.39, 0.29) is 13.0 Å². The van der Waals surface area contributed by atoms with Crippen LogP contribution in [0.25, 0.3) is 0 Å². The molecule has 116 valence electrons. The van der Waals surface area contributed by atoms with Crippen molar-refractivity contribution in [3.8, 4) is 0 Å². The van der Waals surface area contributed by atoms with Crippen LogP contribution in [-0.4, -0.2) is 30.3 Å². The molecule has 0 aliphatic carbocycles. The summed E-state index contributed by atoms with van der Waals surface area (Å²) >= 11 is 3.34. The average Bonchev–Trinajstić information content (AvgIpc) is 2.78. The van der Waals surface area contributed by atoms with Gasteiger partial charge in [-0.3, -0.25) is 4.79 Å². The molecule has 2 atom stereocenters. The Balaban J connectivity index is 2.33. The third-order valence-corrected chi connectivity index (χ3v) is 4.95. The number of carbonyl (C=O) groups is 1. The van der Waals surface area contributed by atoms with Gasteiger partial charge in [-0.15, -0.1) is 0 Å². The van der Waals surface area contributed by atoms with E-state index in [1.165, 1.54) is 0 Å². The number of carboxylic acid groups (broad SMARTS) is 1. The predicted octanol–water partition coefficient (Wildman–Crippen LogP) is 3.15. The van der Waals surface area contributed by atoms with Crippen LogP contribution in [0, 0.1) is 18.3 Å². The van der Waals surface area contributed by atoms with E-state index < -0.39 is 30.0 Å². The van der Waals surface area contributed by atoms with Crippen molar-refractivity contribution in [2.24, 2.45) is 11.3 Å². The standard InChI is InChI=1S/C14H15BrF3NO2/c1-8-2-3-9(5-11(8)15)4-10-6-19-7-13(10,12(20)21)14(16,17)18/h2-3,5,10,19H,4,6-7H2,1H3,(H,20,21)/t10-,13+/m0/s1. The van der Waals surface area contributed by atoms with Gasteiger partial charge in [0, 0.05) is 16.9 Å². The largest absolute Gasteiger partial charge is 0.481 e. The van der Waals surface area contributed by atoms with Gasteiger partial charge in [-0.05, 0) is 37.1 Å². The molecule has 1 aliphatic heterocycles. The van der Waals surface area contributed by atoms with Crippen LogP contribution in [0.15, 0.2) is 22.7 Å². The number of aliphatic carboxylic acids is 1. The number of rotatable bonds is 3. The van der Waals surface area contributed by atoms with Gasteiger partial charge in [0.15, 0.2) is 5.41 Å². The third-order valence-electron chi connectivity index (χ3n) is 4.10. The van der Waals surface area contributed by atoms with Gasteiger partial charge >= 0.3 is 12.1 Å². The topological polar surface area (TPSA) is 49.3 Å². The highest BCUT2D eigenvalue weighted by atomic mass is 79.9. The summed E-state index contributed by atoms with van der Waals surface area (Å²) < 4.78 is 40.8. The van der Waals surface area contributed by atoms with E-state index in [0.717, 1.165) is 10.0 Å². The lowest BCUT2D eigenvalue weighted by Crippen LogP contribution is -2.51. The molecule has 21 heavy (non-hydrogen) atoms. The Morgan fingerprint density at radius 3 is 2.71 bits per heavy atom. The van der Waals surface area contributed by atoms with Crippen LogP contribution in [0.1, 0.15) is 11.1 Å². The maximum atomic E-state index is 13.3. The summed E-state index contributed by atoms with van der Waals surface area (Å²) in [4.78, 5) is 11.3. The summed E-state index contributed by atoms with van der Waals surface area (Å²) in [5.41, 5.74) is -1.05. The maximum Gasteiger partial charge on any atom is 0.406 e. The first kappa shape index (κ1) is 16.3. The molecule has 1 aliphatic rings. The fourth-order valence-corrected chi connectivity index (χ4v) is 3.19. The molecule has 0 amide bonds. The second-order valence-electron chi connectivity index (χ2n) is 5.39. The van der Waals surface area contributed by atoms with Crippen molar-refractivity contribution < 1.29 is 23.1 Å². The Kier molecular flexibility index (Phi) is 4.35. The second-order valence-corrected chi connectivity index (χ2v) is 6.24. The molecule has 0 bridgehead atoms.